The van der Waals surface area contributed by atoms with Gasteiger partial charge in [0.1, 0.15) is 0 Å². The zero-order chi connectivity index (χ0) is 4.41. The molecule has 0 aromatic heterocycles. The zero-order valence-corrected chi connectivity index (χ0v) is 5.50. The molecule has 0 fully saturated rings. The predicted octanol–water partition coefficient (Wildman–Crippen LogP) is 1.48. The summed E-state index contributed by atoms with van der Waals surface area (Å²) in [7, 11) is 0. The highest BCUT2D eigenvalue weighted by atomic mass is 79.9. The summed E-state index contributed by atoms with van der Waals surface area (Å²) in [5.74, 6) is 1.10. The van der Waals surface area contributed by atoms with Crippen LogP contribution in [0.15, 0.2) is 4.40 Å². The molecule has 0 spiro atoms. The second-order valence-electron chi connectivity index (χ2n) is 1.07. The Morgan fingerprint density at radius 2 is 2.83 bits per heavy atom. The number of halogens is 1. The van der Waals surface area contributed by atoms with Gasteiger partial charge < -0.3 is 0 Å². The fourth-order valence-corrected chi connectivity index (χ4v) is 1.44. The lowest BCUT2D eigenvalue weighted by molar-refractivity contribution is 1.44. The minimum absolute atomic E-state index is 0.530. The van der Waals surface area contributed by atoms with Crippen LogP contribution in [0.1, 0.15) is 0 Å². The van der Waals surface area contributed by atoms with Crippen LogP contribution in [0.25, 0.3) is 0 Å². The topological polar surface area (TPSA) is 12.4 Å². The lowest BCUT2D eigenvalue weighted by Crippen LogP contribution is -1.93. The van der Waals surface area contributed by atoms with Gasteiger partial charge in [0.2, 0.25) is 0 Å². The highest BCUT2D eigenvalue weighted by Gasteiger charge is 2.03. The van der Waals surface area contributed by atoms with Crippen molar-refractivity contribution in [2.75, 3.05) is 5.75 Å². The number of rotatable bonds is 0. The van der Waals surface area contributed by atoms with E-state index in [4.69, 9.17) is 0 Å². The first-order valence-electron chi connectivity index (χ1n) is 1.69. The Bertz CT molecular complexity index is 73.2. The molecule has 34 valence electrons. The van der Waals surface area contributed by atoms with Crippen molar-refractivity contribution in [3.05, 3.63) is 0 Å². The van der Waals surface area contributed by atoms with Gasteiger partial charge in [-0.15, -0.1) is 0 Å². The highest BCUT2D eigenvalue weighted by molar-refractivity contribution is 9.10. The molecule has 0 aliphatic carbocycles. The van der Waals surface area contributed by atoms with Gasteiger partial charge >= 0.3 is 0 Å². The molecule has 1 aliphatic heterocycles. The molecule has 1 unspecified atom stereocenters. The lowest BCUT2D eigenvalue weighted by Gasteiger charge is -1.82. The van der Waals surface area contributed by atoms with Crippen molar-refractivity contribution in [1.82, 2.24) is 0 Å². The molecule has 1 heterocycles. The Balaban J connectivity index is 2.38. The summed E-state index contributed by atoms with van der Waals surface area (Å²) < 4.78 is 3.91. The van der Waals surface area contributed by atoms with E-state index in [1.807, 2.05) is 6.21 Å². The standard InChI is InChI=1S/C3H4BrNS/c4-3-1-5-6-2-3/h1,3H,2H2. The molecule has 0 amide bonds. The molecule has 1 nitrogen and oxygen atoms in total. The van der Waals surface area contributed by atoms with Crippen LogP contribution in [0, 0.1) is 0 Å². The Morgan fingerprint density at radius 3 is 3.00 bits per heavy atom. The third-order valence-corrected chi connectivity index (χ3v) is 2.30. The fourth-order valence-electron chi connectivity index (χ4n) is 0.266. The van der Waals surface area contributed by atoms with Crippen molar-refractivity contribution >= 4 is 34.1 Å². The third kappa shape index (κ3) is 0.980. The summed E-state index contributed by atoms with van der Waals surface area (Å²) in [6.07, 6.45) is 1.91. The Labute approximate surface area is 49.5 Å². The van der Waals surface area contributed by atoms with Gasteiger partial charge in [0.05, 0.1) is 4.83 Å². The van der Waals surface area contributed by atoms with E-state index in [2.05, 4.69) is 20.3 Å². The van der Waals surface area contributed by atoms with Gasteiger partial charge in [-0.2, -0.15) is 0 Å². The number of alkyl halides is 1. The first kappa shape index (κ1) is 4.65. The predicted molar refractivity (Wildman–Crippen MR) is 33.7 cm³/mol. The van der Waals surface area contributed by atoms with E-state index >= 15 is 0 Å². The maximum atomic E-state index is 3.91. The van der Waals surface area contributed by atoms with Gasteiger partial charge in [0.15, 0.2) is 0 Å². The smallest absolute Gasteiger partial charge is 0.0613 e. The summed E-state index contributed by atoms with van der Waals surface area (Å²) in [6, 6.07) is 0. The summed E-state index contributed by atoms with van der Waals surface area (Å²) in [6.45, 7) is 0. The zero-order valence-electron chi connectivity index (χ0n) is 3.10. The van der Waals surface area contributed by atoms with E-state index in [-0.39, 0.29) is 0 Å². The molecule has 0 saturated heterocycles. The van der Waals surface area contributed by atoms with Gasteiger partial charge in [-0.05, 0) is 11.9 Å². The van der Waals surface area contributed by atoms with Crippen molar-refractivity contribution < 1.29 is 0 Å². The maximum Gasteiger partial charge on any atom is 0.0613 e. The van der Waals surface area contributed by atoms with Crippen LogP contribution in [0.4, 0.5) is 0 Å². The first-order chi connectivity index (χ1) is 2.89. The summed E-state index contributed by atoms with van der Waals surface area (Å²) in [5, 5.41) is 0. The van der Waals surface area contributed by atoms with Gasteiger partial charge in [-0.25, -0.2) is 4.40 Å². The summed E-state index contributed by atoms with van der Waals surface area (Å²) in [5.41, 5.74) is 0. The lowest BCUT2D eigenvalue weighted by atomic mass is 10.5. The second-order valence-corrected chi connectivity index (χ2v) is 3.04. The molecule has 0 saturated carbocycles. The minimum Gasteiger partial charge on any atom is -0.228 e. The van der Waals surface area contributed by atoms with Crippen molar-refractivity contribution in [3.63, 3.8) is 0 Å². The van der Waals surface area contributed by atoms with Crippen LogP contribution in [0.3, 0.4) is 0 Å². The van der Waals surface area contributed by atoms with E-state index < -0.39 is 0 Å². The fraction of sp³-hybridized carbons (Fsp3) is 0.667. The van der Waals surface area contributed by atoms with E-state index in [0.717, 1.165) is 5.75 Å². The molecule has 0 aromatic rings. The van der Waals surface area contributed by atoms with Crippen LogP contribution in [0.2, 0.25) is 0 Å². The van der Waals surface area contributed by atoms with Crippen molar-refractivity contribution in [2.24, 2.45) is 4.40 Å². The largest absolute Gasteiger partial charge is 0.228 e. The SMILES string of the molecule is BrC1C=NSC1. The van der Waals surface area contributed by atoms with Crippen LogP contribution in [-0.2, 0) is 0 Å². The molecule has 1 aliphatic rings. The molecule has 1 atom stereocenters. The molecule has 3 heteroatoms. The van der Waals surface area contributed by atoms with E-state index in [0.29, 0.717) is 4.83 Å². The Morgan fingerprint density at radius 1 is 2.00 bits per heavy atom. The molecule has 6 heavy (non-hydrogen) atoms. The van der Waals surface area contributed by atoms with Gasteiger partial charge in [-0.1, -0.05) is 15.9 Å². The minimum atomic E-state index is 0.530. The van der Waals surface area contributed by atoms with Crippen molar-refractivity contribution in [3.8, 4) is 0 Å². The van der Waals surface area contributed by atoms with Crippen LogP contribution in [-0.4, -0.2) is 16.8 Å². The van der Waals surface area contributed by atoms with E-state index in [1.165, 1.54) is 0 Å². The van der Waals surface area contributed by atoms with Crippen LogP contribution in [0.5, 0.6) is 0 Å². The molecule has 0 radical (unpaired) electrons. The van der Waals surface area contributed by atoms with E-state index in [9.17, 15) is 0 Å². The van der Waals surface area contributed by atoms with Gasteiger partial charge in [0.25, 0.3) is 0 Å². The second kappa shape index (κ2) is 1.98. The molecular formula is C3H4BrNS. The third-order valence-electron chi connectivity index (χ3n) is 0.531. The number of hydrogen-bond donors (Lipinski definition) is 0. The normalized spacial score (nSPS) is 31.8. The average Bonchev–Trinajstić information content (AvgIpc) is 1.86. The maximum absolute atomic E-state index is 3.91. The van der Waals surface area contributed by atoms with Crippen molar-refractivity contribution in [1.29, 1.82) is 0 Å². The van der Waals surface area contributed by atoms with Crippen LogP contribution >= 0.6 is 27.9 Å². The average molecular weight is 166 g/mol. The molecule has 0 N–H and O–H groups in total. The molecular weight excluding hydrogens is 162 g/mol. The van der Waals surface area contributed by atoms with Gasteiger partial charge in [0, 0.05) is 12.0 Å². The monoisotopic (exact) mass is 165 g/mol. The molecule has 0 aromatic carbocycles. The summed E-state index contributed by atoms with van der Waals surface area (Å²) >= 11 is 4.97. The quantitative estimate of drug-likeness (QED) is 0.392. The van der Waals surface area contributed by atoms with Crippen LogP contribution < -0.4 is 0 Å². The molecule has 0 bridgehead atoms. The number of nitrogens with zero attached hydrogens (tertiary/aromatic N) is 1. The van der Waals surface area contributed by atoms with Gasteiger partial charge in [-0.3, -0.25) is 0 Å². The van der Waals surface area contributed by atoms with Crippen molar-refractivity contribution in [2.45, 2.75) is 4.83 Å². The Hall–Kier alpha value is 0.500. The summed E-state index contributed by atoms with van der Waals surface area (Å²) in [4.78, 5) is 0.530. The molecule has 1 rings (SSSR count). The Kier molecular flexibility index (Phi) is 1.54. The highest BCUT2D eigenvalue weighted by Crippen LogP contribution is 2.15. The number of hydrogen-bond acceptors (Lipinski definition) is 2. The van der Waals surface area contributed by atoms with E-state index in [1.54, 1.807) is 11.9 Å². The first-order valence-corrected chi connectivity index (χ1v) is 3.55.